The second kappa shape index (κ2) is 10.9. The summed E-state index contributed by atoms with van der Waals surface area (Å²) in [6.45, 7) is 3.12. The Bertz CT molecular complexity index is 998. The molecular formula is C24H38N4O6S. The molecule has 0 radical (unpaired) electrons. The number of hydrogen-bond donors (Lipinski definition) is 1. The molecule has 11 heteroatoms. The third kappa shape index (κ3) is 6.37. The smallest absolute Gasteiger partial charge is 0.410 e. The third-order valence-electron chi connectivity index (χ3n) is 7.36. The zero-order valence-corrected chi connectivity index (χ0v) is 21.9. The van der Waals surface area contributed by atoms with Gasteiger partial charge >= 0.3 is 6.09 Å². The van der Waals surface area contributed by atoms with Gasteiger partial charge in [-0.1, -0.05) is 0 Å². The van der Waals surface area contributed by atoms with Crippen LogP contribution in [0.5, 0.6) is 5.75 Å². The molecule has 10 nitrogen and oxygen atoms in total. The lowest BCUT2D eigenvalue weighted by Crippen LogP contribution is -2.50. The number of nitrogens with zero attached hydrogens (tertiary/aromatic N) is 3. The van der Waals surface area contributed by atoms with Gasteiger partial charge in [0.2, 0.25) is 10.0 Å². The largest absolute Gasteiger partial charge is 0.497 e. The molecule has 3 aliphatic heterocycles. The van der Waals surface area contributed by atoms with Crippen molar-refractivity contribution >= 4 is 21.9 Å². The van der Waals surface area contributed by atoms with Gasteiger partial charge in [-0.2, -0.15) is 0 Å². The lowest BCUT2D eigenvalue weighted by molar-refractivity contribution is -0.0105. The van der Waals surface area contributed by atoms with E-state index in [1.54, 1.807) is 12.0 Å². The third-order valence-corrected chi connectivity index (χ3v) is 8.09. The summed E-state index contributed by atoms with van der Waals surface area (Å²) in [4.78, 5) is 21.7. The first-order valence-electron chi connectivity index (χ1n) is 12.5. The molecule has 4 bridgehead atoms. The quantitative estimate of drug-likeness (QED) is 0.661. The van der Waals surface area contributed by atoms with E-state index in [1.165, 1.54) is 0 Å². The molecule has 4 aliphatic rings. The van der Waals surface area contributed by atoms with Crippen molar-refractivity contribution < 1.29 is 27.4 Å². The Morgan fingerprint density at radius 3 is 2.63 bits per heavy atom. The Kier molecular flexibility index (Phi) is 8.07. The first kappa shape index (κ1) is 26.0. The van der Waals surface area contributed by atoms with E-state index in [4.69, 9.17) is 19.2 Å². The molecule has 196 valence electrons. The minimum Gasteiger partial charge on any atom is -0.497 e. The van der Waals surface area contributed by atoms with E-state index in [0.717, 1.165) is 49.2 Å². The molecule has 35 heavy (non-hydrogen) atoms. The molecule has 0 aromatic carbocycles. The Hall–Kier alpha value is -2.11. The van der Waals surface area contributed by atoms with Crippen LogP contribution < -0.4 is 14.4 Å². The Morgan fingerprint density at radius 2 is 1.94 bits per heavy atom. The number of carbonyl (C=O) groups is 1. The van der Waals surface area contributed by atoms with E-state index in [9.17, 15) is 13.2 Å². The minimum absolute atomic E-state index is 0.0577. The lowest BCUT2D eigenvalue weighted by atomic mass is 9.85. The molecule has 0 spiro atoms. The highest BCUT2D eigenvalue weighted by molar-refractivity contribution is 7.88. The fourth-order valence-electron chi connectivity index (χ4n) is 5.52. The number of carbonyl (C=O) groups excluding carboxylic acids is 1. The Labute approximate surface area is 208 Å². The van der Waals surface area contributed by atoms with Crippen LogP contribution in [0.4, 0.5) is 10.6 Å². The summed E-state index contributed by atoms with van der Waals surface area (Å²) in [6.07, 6.45) is 5.59. The van der Waals surface area contributed by atoms with Crippen LogP contribution in [0, 0.1) is 0 Å². The number of nitrogens with one attached hydrogen (secondary N) is 1. The van der Waals surface area contributed by atoms with Crippen molar-refractivity contribution in [3.63, 3.8) is 0 Å². The van der Waals surface area contributed by atoms with Gasteiger partial charge in [-0.15, -0.1) is 0 Å². The zero-order valence-electron chi connectivity index (χ0n) is 21.1. The van der Waals surface area contributed by atoms with Gasteiger partial charge in [0.25, 0.3) is 0 Å². The molecule has 0 unspecified atom stereocenters. The van der Waals surface area contributed by atoms with Gasteiger partial charge in [0.05, 0.1) is 38.7 Å². The molecule has 1 aromatic heterocycles. The van der Waals surface area contributed by atoms with Crippen LogP contribution in [0.2, 0.25) is 0 Å². The SMILES string of the molecule is COc1cc2nc(c1)N(C)CCCOC(=O)N1[C@H](C)C[C@H](NS(C)(=O)=O)[C@@H]1COC1CCC2CC1. The highest BCUT2D eigenvalue weighted by Gasteiger charge is 2.44. The summed E-state index contributed by atoms with van der Waals surface area (Å²) in [7, 11) is 0.217. The van der Waals surface area contributed by atoms with Crippen LogP contribution >= 0.6 is 0 Å². The predicted octanol–water partition coefficient (Wildman–Crippen LogP) is 2.49. The maximum Gasteiger partial charge on any atom is 0.410 e. The fraction of sp³-hybridized carbons (Fsp3) is 0.750. The van der Waals surface area contributed by atoms with Gasteiger partial charge in [-0.05, 0) is 45.4 Å². The monoisotopic (exact) mass is 510 g/mol. The van der Waals surface area contributed by atoms with Crippen LogP contribution in [-0.2, 0) is 19.5 Å². The van der Waals surface area contributed by atoms with Gasteiger partial charge in [-0.3, -0.25) is 4.90 Å². The average molecular weight is 511 g/mol. The van der Waals surface area contributed by atoms with E-state index in [1.807, 2.05) is 26.1 Å². The maximum absolute atomic E-state index is 13.1. The summed E-state index contributed by atoms with van der Waals surface area (Å²) in [5.41, 5.74) is 1.04. The van der Waals surface area contributed by atoms with Crippen molar-refractivity contribution in [2.24, 2.45) is 0 Å². The normalized spacial score (nSPS) is 30.5. The number of rotatable bonds is 3. The van der Waals surface area contributed by atoms with Crippen LogP contribution in [0.15, 0.2) is 12.1 Å². The van der Waals surface area contributed by atoms with E-state index in [-0.39, 0.29) is 25.4 Å². The van der Waals surface area contributed by atoms with Crippen molar-refractivity contribution in [2.75, 3.05) is 45.1 Å². The number of aromatic nitrogens is 1. The van der Waals surface area contributed by atoms with E-state index < -0.39 is 28.2 Å². The summed E-state index contributed by atoms with van der Waals surface area (Å²) >= 11 is 0. The maximum atomic E-state index is 13.1. The average Bonchev–Trinajstić information content (AvgIpc) is 3.12. The number of methoxy groups -OCH3 is 1. The highest BCUT2D eigenvalue weighted by Crippen LogP contribution is 2.36. The van der Waals surface area contributed by atoms with Gasteiger partial charge in [0, 0.05) is 49.4 Å². The van der Waals surface area contributed by atoms with Crippen molar-refractivity contribution in [1.82, 2.24) is 14.6 Å². The van der Waals surface area contributed by atoms with Crippen LogP contribution in [0.1, 0.15) is 57.1 Å². The molecule has 1 amide bonds. The molecule has 1 saturated carbocycles. The Balaban J connectivity index is 1.56. The number of pyridine rings is 1. The molecule has 1 saturated heterocycles. The highest BCUT2D eigenvalue weighted by atomic mass is 32.2. The topological polar surface area (TPSA) is 110 Å². The van der Waals surface area contributed by atoms with Crippen LogP contribution in [-0.4, -0.2) is 88.8 Å². The molecule has 5 rings (SSSR count). The first-order valence-corrected chi connectivity index (χ1v) is 14.3. The number of anilines is 1. The second-order valence-corrected chi connectivity index (χ2v) is 11.8. The van der Waals surface area contributed by atoms with E-state index in [0.29, 0.717) is 25.3 Å². The molecule has 4 heterocycles. The minimum atomic E-state index is -3.43. The zero-order chi connectivity index (χ0) is 25.2. The number of fused-ring (bicyclic) bond motifs is 8. The van der Waals surface area contributed by atoms with Crippen molar-refractivity contribution in [1.29, 1.82) is 0 Å². The van der Waals surface area contributed by atoms with Crippen molar-refractivity contribution in [3.8, 4) is 5.75 Å². The fourth-order valence-corrected chi connectivity index (χ4v) is 6.32. The Morgan fingerprint density at radius 1 is 1.20 bits per heavy atom. The van der Waals surface area contributed by atoms with Crippen molar-refractivity contribution in [3.05, 3.63) is 17.8 Å². The van der Waals surface area contributed by atoms with E-state index in [2.05, 4.69) is 9.62 Å². The standard InChI is InChI=1S/C24H38N4O6S/c1-16-12-21(26-35(4,30)31)22-15-34-18-8-6-17(7-9-18)20-13-19(32-3)14-23(25-20)27(2)10-5-11-33-24(29)28(16)22/h13-14,16-18,21-22,26H,5-12,15H2,1-4H3/t16-,17?,18?,21+,22+/m1/s1. The molecule has 1 aliphatic carbocycles. The summed E-state index contributed by atoms with van der Waals surface area (Å²) < 4.78 is 44.1. The van der Waals surface area contributed by atoms with Gasteiger partial charge in [0.1, 0.15) is 11.6 Å². The molecule has 1 aromatic rings. The molecule has 2 fully saturated rings. The van der Waals surface area contributed by atoms with Gasteiger partial charge < -0.3 is 19.1 Å². The number of sulfonamides is 1. The number of hydrogen-bond acceptors (Lipinski definition) is 8. The lowest BCUT2D eigenvalue weighted by Gasteiger charge is -2.33. The van der Waals surface area contributed by atoms with Crippen molar-refractivity contribution in [2.45, 2.75) is 75.6 Å². The van der Waals surface area contributed by atoms with E-state index >= 15 is 0 Å². The molecular weight excluding hydrogens is 472 g/mol. The second-order valence-electron chi connectivity index (χ2n) is 10.0. The van der Waals surface area contributed by atoms with Crippen LogP contribution in [0.25, 0.3) is 0 Å². The first-order chi connectivity index (χ1) is 16.6. The molecule has 1 N–H and O–H groups in total. The number of amides is 1. The predicted molar refractivity (Wildman–Crippen MR) is 132 cm³/mol. The molecule has 3 atom stereocenters. The number of ether oxygens (including phenoxy) is 3. The summed E-state index contributed by atoms with van der Waals surface area (Å²) in [5, 5.41) is 0. The summed E-state index contributed by atoms with van der Waals surface area (Å²) in [6, 6.07) is 2.98. The van der Waals surface area contributed by atoms with Gasteiger partial charge in [-0.25, -0.2) is 22.9 Å². The summed E-state index contributed by atoms with van der Waals surface area (Å²) in [5.74, 6) is 1.97. The van der Waals surface area contributed by atoms with Gasteiger partial charge in [0.15, 0.2) is 0 Å². The van der Waals surface area contributed by atoms with Crippen LogP contribution in [0.3, 0.4) is 0 Å².